The Morgan fingerprint density at radius 2 is 1.88 bits per heavy atom. The SMILES string of the molecule is C[C@H](c1ccc(F)cc1)N(C)C(=O)C1=NO[C@H](c2ccccc2)C1. The first kappa shape index (κ1) is 16.2. The summed E-state index contributed by atoms with van der Waals surface area (Å²) in [6.45, 7) is 1.90. The molecule has 2 aromatic rings. The van der Waals surface area contributed by atoms with Crippen LogP contribution in [0.4, 0.5) is 4.39 Å². The predicted molar refractivity (Wildman–Crippen MR) is 89.9 cm³/mol. The first-order valence-electron chi connectivity index (χ1n) is 7.86. The highest BCUT2D eigenvalue weighted by molar-refractivity contribution is 6.39. The maximum Gasteiger partial charge on any atom is 0.272 e. The number of rotatable bonds is 4. The van der Waals surface area contributed by atoms with E-state index in [1.54, 1.807) is 24.1 Å². The van der Waals surface area contributed by atoms with Crippen LogP contribution in [0.25, 0.3) is 0 Å². The Balaban J connectivity index is 1.67. The number of amides is 1. The van der Waals surface area contributed by atoms with Gasteiger partial charge in [-0.15, -0.1) is 0 Å². The molecule has 0 aliphatic carbocycles. The lowest BCUT2D eigenvalue weighted by Crippen LogP contribution is -2.34. The Kier molecular flexibility index (Phi) is 4.60. The van der Waals surface area contributed by atoms with E-state index in [0.717, 1.165) is 11.1 Å². The molecule has 0 fully saturated rings. The lowest BCUT2D eigenvalue weighted by Gasteiger charge is -2.25. The summed E-state index contributed by atoms with van der Waals surface area (Å²) in [6, 6.07) is 15.7. The van der Waals surface area contributed by atoms with E-state index < -0.39 is 0 Å². The molecule has 0 unspecified atom stereocenters. The molecule has 0 aromatic heterocycles. The number of hydrogen-bond donors (Lipinski definition) is 0. The normalized spacial score (nSPS) is 17.8. The third-order valence-electron chi connectivity index (χ3n) is 4.34. The van der Waals surface area contributed by atoms with Crippen molar-refractivity contribution in [3.63, 3.8) is 0 Å². The first-order valence-corrected chi connectivity index (χ1v) is 7.86. The van der Waals surface area contributed by atoms with Crippen LogP contribution in [0.15, 0.2) is 59.8 Å². The number of oxime groups is 1. The fraction of sp³-hybridized carbons (Fsp3) is 0.263. The number of benzene rings is 2. The summed E-state index contributed by atoms with van der Waals surface area (Å²) in [6.07, 6.45) is 0.225. The fourth-order valence-corrected chi connectivity index (χ4v) is 2.69. The van der Waals surface area contributed by atoms with Crippen molar-refractivity contribution in [2.75, 3.05) is 7.05 Å². The number of carbonyl (C=O) groups excluding carboxylic acids is 1. The molecule has 1 heterocycles. The van der Waals surface area contributed by atoms with E-state index in [9.17, 15) is 9.18 Å². The molecule has 0 saturated carbocycles. The predicted octanol–water partition coefficient (Wildman–Crippen LogP) is 3.86. The van der Waals surface area contributed by atoms with E-state index in [-0.39, 0.29) is 23.9 Å². The van der Waals surface area contributed by atoms with Crippen molar-refractivity contribution in [1.82, 2.24) is 4.90 Å². The number of nitrogens with zero attached hydrogens (tertiary/aromatic N) is 2. The summed E-state index contributed by atoms with van der Waals surface area (Å²) < 4.78 is 13.0. The molecule has 0 spiro atoms. The zero-order valence-corrected chi connectivity index (χ0v) is 13.6. The standard InChI is InChI=1S/C19H19FN2O2/c1-13(14-8-10-16(20)11-9-14)22(2)19(23)17-12-18(24-21-17)15-6-4-3-5-7-15/h3-11,13,18H,12H2,1-2H3/t13-,18+/m1/s1. The fourth-order valence-electron chi connectivity index (χ4n) is 2.69. The van der Waals surface area contributed by atoms with Gasteiger partial charge in [0.05, 0.1) is 6.04 Å². The molecule has 2 aromatic carbocycles. The second-order valence-electron chi connectivity index (χ2n) is 5.89. The van der Waals surface area contributed by atoms with Gasteiger partial charge in [0.2, 0.25) is 0 Å². The van der Waals surface area contributed by atoms with Gasteiger partial charge < -0.3 is 9.74 Å². The Morgan fingerprint density at radius 1 is 1.21 bits per heavy atom. The van der Waals surface area contributed by atoms with Gasteiger partial charge in [-0.2, -0.15) is 0 Å². The van der Waals surface area contributed by atoms with Gasteiger partial charge in [-0.25, -0.2) is 4.39 Å². The van der Waals surface area contributed by atoms with E-state index in [2.05, 4.69) is 5.16 Å². The van der Waals surface area contributed by atoms with Gasteiger partial charge in [0.1, 0.15) is 11.5 Å². The van der Waals surface area contributed by atoms with Crippen LogP contribution in [0.2, 0.25) is 0 Å². The largest absolute Gasteiger partial charge is 0.387 e. The van der Waals surface area contributed by atoms with E-state index in [4.69, 9.17) is 4.84 Å². The maximum atomic E-state index is 13.0. The average molecular weight is 326 g/mol. The van der Waals surface area contributed by atoms with Crippen molar-refractivity contribution >= 4 is 11.6 Å². The molecule has 0 saturated heterocycles. The summed E-state index contributed by atoms with van der Waals surface area (Å²) in [4.78, 5) is 19.7. The van der Waals surface area contributed by atoms with Crippen molar-refractivity contribution in [1.29, 1.82) is 0 Å². The molecule has 1 amide bonds. The van der Waals surface area contributed by atoms with Gasteiger partial charge in [-0.05, 0) is 30.2 Å². The third-order valence-corrected chi connectivity index (χ3v) is 4.34. The van der Waals surface area contributed by atoms with Crippen molar-refractivity contribution in [3.05, 3.63) is 71.5 Å². The van der Waals surface area contributed by atoms with E-state index in [1.807, 2.05) is 37.3 Å². The number of halogens is 1. The van der Waals surface area contributed by atoms with Crippen LogP contribution in [-0.4, -0.2) is 23.6 Å². The van der Waals surface area contributed by atoms with Crippen molar-refractivity contribution in [3.8, 4) is 0 Å². The highest BCUT2D eigenvalue weighted by atomic mass is 19.1. The molecule has 5 heteroatoms. The Labute approximate surface area is 140 Å². The summed E-state index contributed by atoms with van der Waals surface area (Å²) >= 11 is 0. The average Bonchev–Trinajstić information content (AvgIpc) is 3.11. The number of hydrogen-bond acceptors (Lipinski definition) is 3. The van der Waals surface area contributed by atoms with Gasteiger partial charge in [-0.1, -0.05) is 47.6 Å². The Hall–Kier alpha value is -2.69. The van der Waals surface area contributed by atoms with Gasteiger partial charge in [0.15, 0.2) is 6.10 Å². The van der Waals surface area contributed by atoms with Crippen LogP contribution in [0.3, 0.4) is 0 Å². The molecule has 3 rings (SSSR count). The summed E-state index contributed by atoms with van der Waals surface area (Å²) in [5, 5.41) is 3.97. The molecule has 4 nitrogen and oxygen atoms in total. The molecule has 0 bridgehead atoms. The van der Waals surface area contributed by atoms with Gasteiger partial charge in [0, 0.05) is 13.5 Å². The molecule has 0 N–H and O–H groups in total. The minimum Gasteiger partial charge on any atom is -0.387 e. The van der Waals surface area contributed by atoms with E-state index >= 15 is 0 Å². The third kappa shape index (κ3) is 3.30. The van der Waals surface area contributed by atoms with Crippen LogP contribution < -0.4 is 0 Å². The van der Waals surface area contributed by atoms with Crippen LogP contribution in [0.5, 0.6) is 0 Å². The second-order valence-corrected chi connectivity index (χ2v) is 5.89. The lowest BCUT2D eigenvalue weighted by atomic mass is 10.0. The second kappa shape index (κ2) is 6.83. The van der Waals surface area contributed by atoms with Crippen LogP contribution in [-0.2, 0) is 9.63 Å². The maximum absolute atomic E-state index is 13.0. The van der Waals surface area contributed by atoms with E-state index in [0.29, 0.717) is 12.1 Å². The monoisotopic (exact) mass is 326 g/mol. The molecule has 1 aliphatic rings. The molecular formula is C19H19FN2O2. The van der Waals surface area contributed by atoms with Crippen molar-refractivity contribution < 1.29 is 14.0 Å². The lowest BCUT2D eigenvalue weighted by molar-refractivity contribution is -0.124. The van der Waals surface area contributed by atoms with Gasteiger partial charge >= 0.3 is 0 Å². The minimum atomic E-state index is -0.292. The van der Waals surface area contributed by atoms with Crippen molar-refractivity contribution in [2.24, 2.45) is 5.16 Å². The van der Waals surface area contributed by atoms with E-state index in [1.165, 1.54) is 12.1 Å². The van der Waals surface area contributed by atoms with Gasteiger partial charge in [0.25, 0.3) is 5.91 Å². The quantitative estimate of drug-likeness (QED) is 0.856. The summed E-state index contributed by atoms with van der Waals surface area (Å²) in [5.74, 6) is -0.468. The molecule has 2 atom stereocenters. The van der Waals surface area contributed by atoms with Crippen molar-refractivity contribution in [2.45, 2.75) is 25.5 Å². The minimum absolute atomic E-state index is 0.176. The summed E-state index contributed by atoms with van der Waals surface area (Å²) in [7, 11) is 1.72. The number of carbonyl (C=O) groups is 1. The van der Waals surface area contributed by atoms with Crippen LogP contribution >= 0.6 is 0 Å². The van der Waals surface area contributed by atoms with Crippen LogP contribution in [0, 0.1) is 5.82 Å². The highest BCUT2D eigenvalue weighted by Gasteiger charge is 2.30. The molecule has 0 radical (unpaired) electrons. The summed E-state index contributed by atoms with van der Waals surface area (Å²) in [5.41, 5.74) is 2.27. The zero-order valence-electron chi connectivity index (χ0n) is 13.6. The Morgan fingerprint density at radius 3 is 2.54 bits per heavy atom. The highest BCUT2D eigenvalue weighted by Crippen LogP contribution is 2.28. The smallest absolute Gasteiger partial charge is 0.272 e. The molecular weight excluding hydrogens is 307 g/mol. The van der Waals surface area contributed by atoms with Gasteiger partial charge in [-0.3, -0.25) is 4.79 Å². The Bertz CT molecular complexity index is 744. The topological polar surface area (TPSA) is 41.9 Å². The molecule has 124 valence electrons. The zero-order chi connectivity index (χ0) is 17.1. The first-order chi connectivity index (χ1) is 11.6. The molecule has 24 heavy (non-hydrogen) atoms. The molecule has 1 aliphatic heterocycles. The van der Waals surface area contributed by atoms with Crippen LogP contribution in [0.1, 0.15) is 36.6 Å².